The number of ether oxygens (including phenoxy) is 1. The highest BCUT2D eigenvalue weighted by atomic mass is 19.1. The molecule has 6 rings (SSSR count). The minimum absolute atomic E-state index is 0.0326. The fourth-order valence-electron chi connectivity index (χ4n) is 5.05. The number of hydrogen-bond donors (Lipinski definition) is 2. The molecule has 0 saturated heterocycles. The monoisotopic (exact) mass is 413 g/mol. The number of halogens is 2. The van der Waals surface area contributed by atoms with Gasteiger partial charge in [-0.25, -0.2) is 23.7 Å². The summed E-state index contributed by atoms with van der Waals surface area (Å²) >= 11 is 0. The average Bonchev–Trinajstić information content (AvgIpc) is 3.18. The van der Waals surface area contributed by atoms with Crippen LogP contribution >= 0.6 is 0 Å². The van der Waals surface area contributed by atoms with Gasteiger partial charge in [0.15, 0.2) is 17.5 Å². The molecule has 2 atom stereocenters. The van der Waals surface area contributed by atoms with Gasteiger partial charge in [-0.15, -0.1) is 0 Å². The lowest BCUT2D eigenvalue weighted by molar-refractivity contribution is -0.152. The zero-order valence-corrected chi connectivity index (χ0v) is 16.4. The second kappa shape index (κ2) is 7.30. The first-order valence-electron chi connectivity index (χ1n) is 10.0. The molecule has 9 heteroatoms. The molecule has 0 amide bonds. The number of H-pyrrole nitrogens is 1. The second-order valence-corrected chi connectivity index (χ2v) is 8.04. The van der Waals surface area contributed by atoms with Crippen LogP contribution in [0.25, 0.3) is 22.4 Å². The third kappa shape index (κ3) is 3.09. The summed E-state index contributed by atoms with van der Waals surface area (Å²) in [5.41, 5.74) is 1.01. The van der Waals surface area contributed by atoms with Crippen molar-refractivity contribution in [2.24, 2.45) is 17.8 Å². The summed E-state index contributed by atoms with van der Waals surface area (Å²) in [6, 6.07) is 1.09. The van der Waals surface area contributed by atoms with Gasteiger partial charge in [0.1, 0.15) is 11.5 Å². The van der Waals surface area contributed by atoms with Crippen molar-refractivity contribution in [1.29, 1.82) is 0 Å². The first-order chi connectivity index (χ1) is 14.5. The molecule has 3 aliphatic carbocycles. The molecule has 3 saturated carbocycles. The molecular formula is C21H21F2N5O2. The number of nitrogens with zero attached hydrogens (tertiary/aromatic N) is 3. The molecule has 0 spiro atoms. The van der Waals surface area contributed by atoms with Crippen molar-refractivity contribution >= 4 is 22.8 Å². The zero-order chi connectivity index (χ0) is 20.8. The quantitative estimate of drug-likeness (QED) is 0.634. The molecule has 2 bridgehead atoms. The molecule has 3 aromatic heterocycles. The summed E-state index contributed by atoms with van der Waals surface area (Å²) in [7, 11) is 1.38. The molecule has 7 nitrogen and oxygen atoms in total. The Morgan fingerprint density at radius 2 is 1.93 bits per heavy atom. The first-order valence-corrected chi connectivity index (χ1v) is 10.0. The van der Waals surface area contributed by atoms with Gasteiger partial charge in [-0.1, -0.05) is 0 Å². The molecule has 156 valence electrons. The summed E-state index contributed by atoms with van der Waals surface area (Å²) in [6.07, 6.45) is 7.76. The number of methoxy groups -OCH3 is 1. The molecule has 3 aliphatic rings. The van der Waals surface area contributed by atoms with E-state index < -0.39 is 11.6 Å². The van der Waals surface area contributed by atoms with Crippen LogP contribution in [0.5, 0.6) is 0 Å². The van der Waals surface area contributed by atoms with Crippen molar-refractivity contribution < 1.29 is 18.3 Å². The Labute approximate surface area is 171 Å². The third-order valence-corrected chi connectivity index (χ3v) is 6.48. The number of aromatic amines is 1. The maximum atomic E-state index is 14.6. The molecule has 2 N–H and O–H groups in total. The Kier molecular flexibility index (Phi) is 4.60. The molecule has 30 heavy (non-hydrogen) atoms. The summed E-state index contributed by atoms with van der Waals surface area (Å²) < 4.78 is 33.3. The van der Waals surface area contributed by atoms with Crippen LogP contribution in [-0.2, 0) is 9.53 Å². The van der Waals surface area contributed by atoms with E-state index in [1.807, 2.05) is 0 Å². The predicted molar refractivity (Wildman–Crippen MR) is 105 cm³/mol. The number of esters is 1. The molecule has 0 aromatic carbocycles. The highest BCUT2D eigenvalue weighted by Gasteiger charge is 2.48. The van der Waals surface area contributed by atoms with Crippen molar-refractivity contribution in [3.8, 4) is 11.4 Å². The Hall–Kier alpha value is -3.10. The number of pyridine rings is 1. The lowest BCUT2D eigenvalue weighted by Crippen LogP contribution is -2.52. The fraction of sp³-hybridized carbons (Fsp3) is 0.429. The van der Waals surface area contributed by atoms with Gasteiger partial charge < -0.3 is 15.0 Å². The Balaban J connectivity index is 1.50. The second-order valence-electron chi connectivity index (χ2n) is 8.04. The number of carbonyl (C=O) groups excluding carboxylic acids is 1. The average molecular weight is 413 g/mol. The van der Waals surface area contributed by atoms with Gasteiger partial charge in [0.2, 0.25) is 0 Å². The number of fused-ring (bicyclic) bond motifs is 4. The standard InChI is InChI=1S/C21H21F2N5O2/c1-30-21(29)16-10-2-4-11(5-3-10)17(16)27-20-15(23)9-26-19(28-20)14-8-25-18-13(14)6-12(22)7-24-18/h6-11,16-17H,2-5H2,1H3,(H,24,25)(H,26,27,28)/t10?,11?,16-,17-/m1/s1. The van der Waals surface area contributed by atoms with E-state index in [4.69, 9.17) is 4.74 Å². The van der Waals surface area contributed by atoms with E-state index in [-0.39, 0.29) is 41.4 Å². The van der Waals surface area contributed by atoms with Gasteiger partial charge in [-0.05, 0) is 43.6 Å². The van der Waals surface area contributed by atoms with E-state index in [0.29, 0.717) is 16.6 Å². The maximum absolute atomic E-state index is 14.6. The minimum Gasteiger partial charge on any atom is -0.469 e. The van der Waals surface area contributed by atoms with Crippen molar-refractivity contribution in [2.45, 2.75) is 31.7 Å². The van der Waals surface area contributed by atoms with Crippen molar-refractivity contribution in [3.05, 3.63) is 36.3 Å². The van der Waals surface area contributed by atoms with Gasteiger partial charge in [-0.2, -0.15) is 0 Å². The molecule has 0 radical (unpaired) electrons. The van der Waals surface area contributed by atoms with Gasteiger partial charge in [0, 0.05) is 23.2 Å². The number of hydrogen-bond acceptors (Lipinski definition) is 6. The molecule has 0 aliphatic heterocycles. The van der Waals surface area contributed by atoms with Gasteiger partial charge >= 0.3 is 5.97 Å². The molecular weight excluding hydrogens is 392 g/mol. The highest BCUT2D eigenvalue weighted by molar-refractivity contribution is 5.91. The first kappa shape index (κ1) is 18.9. The molecule has 3 heterocycles. The minimum atomic E-state index is -0.604. The van der Waals surface area contributed by atoms with Crippen molar-refractivity contribution in [3.63, 3.8) is 0 Å². The summed E-state index contributed by atoms with van der Waals surface area (Å²) in [4.78, 5) is 27.8. The summed E-state index contributed by atoms with van der Waals surface area (Å²) in [5, 5.41) is 3.69. The van der Waals surface area contributed by atoms with E-state index in [1.54, 1.807) is 6.20 Å². The number of nitrogens with one attached hydrogen (secondary N) is 2. The van der Waals surface area contributed by atoms with Crippen molar-refractivity contribution in [1.82, 2.24) is 19.9 Å². The lowest BCUT2D eigenvalue weighted by Gasteiger charge is -2.47. The Bertz CT molecular complexity index is 1110. The predicted octanol–water partition coefficient (Wildman–Crippen LogP) is 3.69. The topological polar surface area (TPSA) is 92.8 Å². The van der Waals surface area contributed by atoms with Crippen molar-refractivity contribution in [2.75, 3.05) is 12.4 Å². The molecule has 3 aromatic rings. The molecule has 3 fully saturated rings. The van der Waals surface area contributed by atoms with Gasteiger partial charge in [-0.3, -0.25) is 4.79 Å². The van der Waals surface area contributed by atoms with Crippen LogP contribution in [0.2, 0.25) is 0 Å². The number of anilines is 1. The molecule has 0 unspecified atom stereocenters. The van der Waals surface area contributed by atoms with Crippen LogP contribution < -0.4 is 5.32 Å². The smallest absolute Gasteiger partial charge is 0.311 e. The van der Waals surface area contributed by atoms with E-state index in [2.05, 4.69) is 25.3 Å². The number of aromatic nitrogens is 4. The summed E-state index contributed by atoms with van der Waals surface area (Å²) in [5.74, 6) is -0.925. The van der Waals surface area contributed by atoms with E-state index >= 15 is 0 Å². The van der Waals surface area contributed by atoms with Crippen LogP contribution in [0.1, 0.15) is 25.7 Å². The fourth-order valence-corrected chi connectivity index (χ4v) is 5.05. The van der Waals surface area contributed by atoms with E-state index in [0.717, 1.165) is 38.1 Å². The van der Waals surface area contributed by atoms with Crippen LogP contribution in [0, 0.1) is 29.4 Å². The number of rotatable bonds is 4. The van der Waals surface area contributed by atoms with Crippen LogP contribution in [0.3, 0.4) is 0 Å². The van der Waals surface area contributed by atoms with Gasteiger partial charge in [0.25, 0.3) is 0 Å². The highest BCUT2D eigenvalue weighted by Crippen LogP contribution is 2.46. The third-order valence-electron chi connectivity index (χ3n) is 6.48. The van der Waals surface area contributed by atoms with Crippen LogP contribution in [-0.4, -0.2) is 39.1 Å². The van der Waals surface area contributed by atoms with Crippen LogP contribution in [0.4, 0.5) is 14.6 Å². The Morgan fingerprint density at radius 1 is 1.17 bits per heavy atom. The Morgan fingerprint density at radius 3 is 2.70 bits per heavy atom. The normalized spacial score (nSPS) is 25.4. The summed E-state index contributed by atoms with van der Waals surface area (Å²) in [6.45, 7) is 0. The van der Waals surface area contributed by atoms with Gasteiger partial charge in [0.05, 0.1) is 25.4 Å². The maximum Gasteiger partial charge on any atom is 0.311 e. The SMILES string of the molecule is COC(=O)[C@@H]1C2CCC(CC2)[C@H]1Nc1nc(-c2c[nH]c3ncc(F)cc23)ncc1F. The largest absolute Gasteiger partial charge is 0.469 e. The zero-order valence-electron chi connectivity index (χ0n) is 16.4. The van der Waals surface area contributed by atoms with E-state index in [9.17, 15) is 13.6 Å². The van der Waals surface area contributed by atoms with E-state index in [1.165, 1.54) is 13.2 Å². The van der Waals surface area contributed by atoms with Crippen LogP contribution in [0.15, 0.2) is 24.7 Å². The lowest BCUT2D eigenvalue weighted by atomic mass is 9.61. The number of carbonyl (C=O) groups is 1.